The van der Waals surface area contributed by atoms with Gasteiger partial charge in [-0.05, 0) is 24.6 Å². The van der Waals surface area contributed by atoms with Crippen LogP contribution in [-0.4, -0.2) is 25.2 Å². The third-order valence-electron chi connectivity index (χ3n) is 1.94. The van der Waals surface area contributed by atoms with Gasteiger partial charge in [-0.25, -0.2) is 9.18 Å². The van der Waals surface area contributed by atoms with Crippen LogP contribution in [0.3, 0.4) is 0 Å². The summed E-state index contributed by atoms with van der Waals surface area (Å²) < 4.78 is 22.2. The molecular formula is C12H14FNO4. The van der Waals surface area contributed by atoms with E-state index in [0.29, 0.717) is 5.56 Å². The lowest BCUT2D eigenvalue weighted by molar-refractivity contribution is -0.141. The van der Waals surface area contributed by atoms with Crippen molar-refractivity contribution >= 4 is 12.1 Å². The first kappa shape index (κ1) is 14.0. The first-order chi connectivity index (χ1) is 8.61. The Hall–Kier alpha value is -2.11. The summed E-state index contributed by atoms with van der Waals surface area (Å²) in [4.78, 5) is 22.1. The Labute approximate surface area is 104 Å². The summed E-state index contributed by atoms with van der Waals surface area (Å²) in [6.45, 7) is 1.60. The molecule has 0 bridgehead atoms. The van der Waals surface area contributed by atoms with Crippen molar-refractivity contribution in [3.63, 3.8) is 0 Å². The number of amides is 1. The monoisotopic (exact) mass is 255 g/mol. The minimum Gasteiger partial charge on any atom is -0.465 e. The summed E-state index contributed by atoms with van der Waals surface area (Å²) in [5.74, 6) is -0.941. The number of esters is 1. The minimum absolute atomic E-state index is 0.0631. The van der Waals surface area contributed by atoms with E-state index in [-0.39, 0.29) is 19.8 Å². The molecule has 0 heterocycles. The molecule has 18 heavy (non-hydrogen) atoms. The Kier molecular flexibility index (Phi) is 5.63. The van der Waals surface area contributed by atoms with Crippen molar-refractivity contribution < 1.29 is 23.5 Å². The van der Waals surface area contributed by atoms with Gasteiger partial charge in [0.1, 0.15) is 19.0 Å². The summed E-state index contributed by atoms with van der Waals surface area (Å²) in [5.41, 5.74) is 0.529. The lowest BCUT2D eigenvalue weighted by Gasteiger charge is -2.06. The molecule has 6 heteroatoms. The van der Waals surface area contributed by atoms with Crippen LogP contribution in [0.2, 0.25) is 0 Å². The molecule has 0 aromatic heterocycles. The average molecular weight is 255 g/mol. The molecule has 1 aromatic rings. The lowest BCUT2D eigenvalue weighted by Crippen LogP contribution is -2.31. The summed E-state index contributed by atoms with van der Waals surface area (Å²) in [6, 6.07) is 5.70. The number of nitrogens with one attached hydrogen (secondary N) is 1. The van der Waals surface area contributed by atoms with E-state index in [1.54, 1.807) is 13.0 Å². The zero-order valence-corrected chi connectivity index (χ0v) is 9.94. The SMILES string of the molecule is CCOC(=O)CNC(=O)OCc1cccc(F)c1. The van der Waals surface area contributed by atoms with Crippen LogP contribution in [0.15, 0.2) is 24.3 Å². The standard InChI is InChI=1S/C12H14FNO4/c1-2-17-11(15)7-14-12(16)18-8-9-4-3-5-10(13)6-9/h3-6H,2,7-8H2,1H3,(H,14,16). The Balaban J connectivity index is 2.27. The van der Waals surface area contributed by atoms with Crippen molar-refractivity contribution in [1.82, 2.24) is 5.32 Å². The van der Waals surface area contributed by atoms with Crippen LogP contribution in [0.5, 0.6) is 0 Å². The number of rotatable bonds is 5. The number of carbonyl (C=O) groups is 2. The molecule has 5 nitrogen and oxygen atoms in total. The van der Waals surface area contributed by atoms with Gasteiger partial charge < -0.3 is 14.8 Å². The van der Waals surface area contributed by atoms with Gasteiger partial charge in [-0.1, -0.05) is 12.1 Å². The first-order valence-corrected chi connectivity index (χ1v) is 5.42. The zero-order valence-electron chi connectivity index (χ0n) is 9.94. The molecule has 0 saturated carbocycles. The normalized spacial score (nSPS) is 9.67. The van der Waals surface area contributed by atoms with Gasteiger partial charge in [0.2, 0.25) is 0 Å². The maximum Gasteiger partial charge on any atom is 0.407 e. The number of carbonyl (C=O) groups excluding carboxylic acids is 2. The average Bonchev–Trinajstić information content (AvgIpc) is 2.34. The van der Waals surface area contributed by atoms with Crippen molar-refractivity contribution in [2.45, 2.75) is 13.5 Å². The molecule has 0 radical (unpaired) electrons. The third-order valence-corrected chi connectivity index (χ3v) is 1.94. The highest BCUT2D eigenvalue weighted by Gasteiger charge is 2.07. The number of halogens is 1. The summed E-state index contributed by atoms with van der Waals surface area (Å²) >= 11 is 0. The molecular weight excluding hydrogens is 241 g/mol. The van der Waals surface area contributed by atoms with Gasteiger partial charge >= 0.3 is 12.1 Å². The maximum atomic E-state index is 12.8. The van der Waals surface area contributed by atoms with Gasteiger partial charge in [0, 0.05) is 0 Å². The molecule has 0 aliphatic rings. The lowest BCUT2D eigenvalue weighted by atomic mass is 10.2. The Morgan fingerprint density at radius 2 is 2.11 bits per heavy atom. The Bertz CT molecular complexity index is 422. The van der Waals surface area contributed by atoms with Crippen LogP contribution in [0.4, 0.5) is 9.18 Å². The molecule has 0 aliphatic heterocycles. The van der Waals surface area contributed by atoms with Gasteiger partial charge in [0.15, 0.2) is 0 Å². The Morgan fingerprint density at radius 3 is 2.78 bits per heavy atom. The van der Waals surface area contributed by atoms with Gasteiger partial charge in [0.25, 0.3) is 0 Å². The minimum atomic E-state index is -0.757. The van der Waals surface area contributed by atoms with Crippen molar-refractivity contribution in [1.29, 1.82) is 0 Å². The number of ether oxygens (including phenoxy) is 2. The highest BCUT2D eigenvalue weighted by Crippen LogP contribution is 2.04. The molecule has 0 atom stereocenters. The molecule has 1 aromatic carbocycles. The van der Waals surface area contributed by atoms with Crippen molar-refractivity contribution in [3.8, 4) is 0 Å². The van der Waals surface area contributed by atoms with E-state index in [1.165, 1.54) is 18.2 Å². The van der Waals surface area contributed by atoms with Gasteiger partial charge in [0.05, 0.1) is 6.61 Å². The number of hydrogen-bond donors (Lipinski definition) is 1. The van der Waals surface area contributed by atoms with Crippen LogP contribution in [0, 0.1) is 5.82 Å². The van der Waals surface area contributed by atoms with Gasteiger partial charge in [-0.15, -0.1) is 0 Å². The topological polar surface area (TPSA) is 64.6 Å². The predicted molar refractivity (Wildman–Crippen MR) is 61.2 cm³/mol. The maximum absolute atomic E-state index is 12.8. The second-order valence-electron chi connectivity index (χ2n) is 3.36. The fraction of sp³-hybridized carbons (Fsp3) is 0.333. The highest BCUT2D eigenvalue weighted by molar-refractivity contribution is 5.77. The second kappa shape index (κ2) is 7.26. The molecule has 0 unspecified atom stereocenters. The van der Waals surface area contributed by atoms with Gasteiger partial charge in [-0.2, -0.15) is 0 Å². The van der Waals surface area contributed by atoms with Crippen LogP contribution in [0.1, 0.15) is 12.5 Å². The van der Waals surface area contributed by atoms with Crippen LogP contribution in [-0.2, 0) is 20.9 Å². The van der Waals surface area contributed by atoms with Crippen molar-refractivity contribution in [3.05, 3.63) is 35.6 Å². The van der Waals surface area contributed by atoms with Gasteiger partial charge in [-0.3, -0.25) is 4.79 Å². The molecule has 0 saturated heterocycles. The molecule has 1 rings (SSSR count). The fourth-order valence-corrected chi connectivity index (χ4v) is 1.18. The summed E-state index contributed by atoms with van der Waals surface area (Å²) in [7, 11) is 0. The smallest absolute Gasteiger partial charge is 0.407 e. The molecule has 98 valence electrons. The predicted octanol–water partition coefficient (Wildman–Crippen LogP) is 1.61. The molecule has 1 N–H and O–H groups in total. The summed E-state index contributed by atoms with van der Waals surface area (Å²) in [5, 5.41) is 2.22. The zero-order chi connectivity index (χ0) is 13.4. The Morgan fingerprint density at radius 1 is 1.33 bits per heavy atom. The van der Waals surface area contributed by atoms with Crippen molar-refractivity contribution in [2.24, 2.45) is 0 Å². The number of alkyl carbamates (subject to hydrolysis) is 1. The quantitative estimate of drug-likeness (QED) is 0.812. The van der Waals surface area contributed by atoms with Crippen molar-refractivity contribution in [2.75, 3.05) is 13.2 Å². The summed E-state index contributed by atoms with van der Waals surface area (Å²) in [6.07, 6.45) is -0.757. The third kappa shape index (κ3) is 5.29. The van der Waals surface area contributed by atoms with Crippen LogP contribution < -0.4 is 5.32 Å². The van der Waals surface area contributed by atoms with E-state index in [9.17, 15) is 14.0 Å². The van der Waals surface area contributed by atoms with E-state index >= 15 is 0 Å². The molecule has 0 spiro atoms. The van der Waals surface area contributed by atoms with E-state index in [1.807, 2.05) is 0 Å². The highest BCUT2D eigenvalue weighted by atomic mass is 19.1. The molecule has 0 aliphatic carbocycles. The molecule has 1 amide bonds. The largest absolute Gasteiger partial charge is 0.465 e. The second-order valence-corrected chi connectivity index (χ2v) is 3.36. The van der Waals surface area contributed by atoms with Crippen LogP contribution in [0.25, 0.3) is 0 Å². The van der Waals surface area contributed by atoms with E-state index < -0.39 is 17.9 Å². The number of benzene rings is 1. The van der Waals surface area contributed by atoms with E-state index in [4.69, 9.17) is 4.74 Å². The van der Waals surface area contributed by atoms with E-state index in [0.717, 1.165) is 0 Å². The number of hydrogen-bond acceptors (Lipinski definition) is 4. The van der Waals surface area contributed by atoms with E-state index in [2.05, 4.69) is 10.1 Å². The fourth-order valence-electron chi connectivity index (χ4n) is 1.18. The first-order valence-electron chi connectivity index (χ1n) is 5.42. The molecule has 0 fully saturated rings. The van der Waals surface area contributed by atoms with Crippen LogP contribution >= 0.6 is 0 Å².